The van der Waals surface area contributed by atoms with Gasteiger partial charge in [-0.3, -0.25) is 19.4 Å². The van der Waals surface area contributed by atoms with Crippen molar-refractivity contribution < 1.29 is 4.39 Å². The number of nitrogens with one attached hydrogen (secondary N) is 1. The quantitative estimate of drug-likeness (QED) is 0.354. The maximum Gasteiger partial charge on any atom is 0.0895 e. The monoisotopic (exact) mass is 398 g/mol. The summed E-state index contributed by atoms with van der Waals surface area (Å²) in [5.74, 6) is 0.820. The maximum atomic E-state index is 12.3. The zero-order chi connectivity index (χ0) is 21.4. The lowest BCUT2D eigenvalue weighted by Crippen LogP contribution is -2.37. The first-order valence-electron chi connectivity index (χ1n) is 10.6. The Morgan fingerprint density at radius 1 is 1.38 bits per heavy atom. The van der Waals surface area contributed by atoms with Crippen LogP contribution in [0.4, 0.5) is 4.39 Å². The molecule has 1 N–H and O–H groups in total. The van der Waals surface area contributed by atoms with Crippen LogP contribution in [0.3, 0.4) is 0 Å². The number of halogens is 1. The van der Waals surface area contributed by atoms with Gasteiger partial charge in [0, 0.05) is 35.2 Å². The van der Waals surface area contributed by atoms with E-state index in [1.54, 1.807) is 0 Å². The minimum atomic E-state index is -0.288. The van der Waals surface area contributed by atoms with Crippen molar-refractivity contribution in [3.8, 4) is 0 Å². The Kier molecular flexibility index (Phi) is 8.74. The molecular formula is C24H35FN4. The summed E-state index contributed by atoms with van der Waals surface area (Å²) in [7, 11) is 0. The molecule has 0 bridgehead atoms. The average Bonchev–Trinajstić information content (AvgIpc) is 3.53. The molecule has 0 aromatic heterocycles. The van der Waals surface area contributed by atoms with Gasteiger partial charge in [-0.25, -0.2) is 0 Å². The van der Waals surface area contributed by atoms with E-state index < -0.39 is 0 Å². The minimum absolute atomic E-state index is 0.0612. The Hall–Kier alpha value is -2.30. The van der Waals surface area contributed by atoms with Gasteiger partial charge in [-0.05, 0) is 45.1 Å². The molecule has 158 valence electrons. The largest absolute Gasteiger partial charge is 0.380 e. The number of allylic oxidation sites excluding steroid dienone is 5. The Morgan fingerprint density at radius 3 is 2.66 bits per heavy atom. The highest BCUT2D eigenvalue weighted by Crippen LogP contribution is 2.44. The zero-order valence-corrected chi connectivity index (χ0v) is 18.1. The van der Waals surface area contributed by atoms with E-state index in [-0.39, 0.29) is 18.8 Å². The van der Waals surface area contributed by atoms with Crippen LogP contribution in [0.15, 0.2) is 63.8 Å². The van der Waals surface area contributed by atoms with E-state index in [0.29, 0.717) is 24.8 Å². The van der Waals surface area contributed by atoms with Gasteiger partial charge in [0.2, 0.25) is 0 Å². The summed E-state index contributed by atoms with van der Waals surface area (Å²) in [6.45, 7) is 18.6. The van der Waals surface area contributed by atoms with E-state index in [2.05, 4.69) is 55.8 Å². The molecule has 5 heteroatoms. The number of hydrogen-bond donors (Lipinski definition) is 1. The molecule has 2 aliphatic rings. The van der Waals surface area contributed by atoms with Crippen LogP contribution in [0.1, 0.15) is 46.5 Å². The number of alkyl halides is 1. The first kappa shape index (κ1) is 23.0. The molecule has 1 aliphatic heterocycles. The SMILES string of the molecule is C=CC(C=C)=C(CC)N=C(C)[C@H]1C[C@@H]1C(=C)NC(C)C1=NC[C@@H](CCCF)N=C1. The Labute approximate surface area is 175 Å². The third-order valence-electron chi connectivity index (χ3n) is 5.61. The van der Waals surface area contributed by atoms with Gasteiger partial charge in [0.25, 0.3) is 0 Å². The van der Waals surface area contributed by atoms with Crippen molar-refractivity contribution in [1.29, 1.82) is 0 Å². The van der Waals surface area contributed by atoms with Crippen LogP contribution in [0, 0.1) is 11.8 Å². The lowest BCUT2D eigenvalue weighted by molar-refractivity contribution is 0.443. The van der Waals surface area contributed by atoms with E-state index in [1.165, 1.54) is 0 Å². The van der Waals surface area contributed by atoms with Crippen molar-refractivity contribution in [3.63, 3.8) is 0 Å². The van der Waals surface area contributed by atoms with E-state index >= 15 is 0 Å². The number of rotatable bonds is 12. The Morgan fingerprint density at radius 2 is 2.10 bits per heavy atom. The highest BCUT2D eigenvalue weighted by Gasteiger charge is 2.41. The molecular weight excluding hydrogens is 363 g/mol. The first-order valence-corrected chi connectivity index (χ1v) is 10.6. The fraction of sp³-hybridized carbons (Fsp3) is 0.542. The van der Waals surface area contributed by atoms with Crippen LogP contribution < -0.4 is 5.32 Å². The van der Waals surface area contributed by atoms with Crippen LogP contribution in [0.25, 0.3) is 0 Å². The molecule has 1 heterocycles. The molecule has 1 aliphatic carbocycles. The highest BCUT2D eigenvalue weighted by molar-refractivity contribution is 6.33. The molecule has 0 amide bonds. The zero-order valence-electron chi connectivity index (χ0n) is 18.1. The predicted molar refractivity (Wildman–Crippen MR) is 124 cm³/mol. The molecule has 1 unspecified atom stereocenters. The fourth-order valence-corrected chi connectivity index (χ4v) is 3.67. The lowest BCUT2D eigenvalue weighted by atomic mass is 10.1. The van der Waals surface area contributed by atoms with E-state index in [1.807, 2.05) is 18.4 Å². The molecule has 2 rings (SSSR count). The van der Waals surface area contributed by atoms with Crippen molar-refractivity contribution in [2.45, 2.75) is 58.5 Å². The number of nitrogens with zero attached hydrogens (tertiary/aromatic N) is 3. The van der Waals surface area contributed by atoms with Crippen molar-refractivity contribution >= 4 is 17.6 Å². The molecule has 0 saturated heterocycles. The number of aliphatic imine (C=N–C) groups is 3. The topological polar surface area (TPSA) is 49.1 Å². The third kappa shape index (κ3) is 6.34. The predicted octanol–water partition coefficient (Wildman–Crippen LogP) is 5.26. The van der Waals surface area contributed by atoms with Crippen LogP contribution in [0.2, 0.25) is 0 Å². The standard InChI is InChI=1S/C24H35FN4/c1-7-19(8-2)23(9-3)29-17(5)22-13-21(22)16(4)28-18(6)24-15-26-20(14-27-24)11-10-12-25/h7-8,15,18,20-22,28H,1-2,4,9-14H2,3,5-6H3/t18?,20-,21-,22-/m1/s1. The summed E-state index contributed by atoms with van der Waals surface area (Å²) < 4.78 is 12.3. The Bertz CT molecular complexity index is 734. The van der Waals surface area contributed by atoms with Gasteiger partial charge in [-0.1, -0.05) is 38.8 Å². The van der Waals surface area contributed by atoms with E-state index in [0.717, 1.165) is 47.7 Å². The second-order valence-corrected chi connectivity index (χ2v) is 7.79. The molecule has 1 saturated carbocycles. The van der Waals surface area contributed by atoms with Crippen LogP contribution >= 0.6 is 0 Å². The van der Waals surface area contributed by atoms with Crippen molar-refractivity contribution in [3.05, 3.63) is 48.9 Å². The lowest BCUT2D eigenvalue weighted by Gasteiger charge is -2.21. The Balaban J connectivity index is 1.90. The molecule has 1 fully saturated rings. The summed E-state index contributed by atoms with van der Waals surface area (Å²) in [5, 5.41) is 3.49. The van der Waals surface area contributed by atoms with Crippen molar-refractivity contribution in [2.24, 2.45) is 26.8 Å². The summed E-state index contributed by atoms with van der Waals surface area (Å²) in [5.41, 5.74) is 5.12. The first-order chi connectivity index (χ1) is 13.9. The molecule has 0 radical (unpaired) electrons. The third-order valence-corrected chi connectivity index (χ3v) is 5.61. The second kappa shape index (κ2) is 11.0. The summed E-state index contributed by atoms with van der Waals surface area (Å²) >= 11 is 0. The van der Waals surface area contributed by atoms with Crippen LogP contribution in [-0.4, -0.2) is 42.9 Å². The van der Waals surface area contributed by atoms with E-state index in [9.17, 15) is 4.39 Å². The van der Waals surface area contributed by atoms with Gasteiger partial charge < -0.3 is 5.32 Å². The van der Waals surface area contributed by atoms with E-state index in [4.69, 9.17) is 4.99 Å². The minimum Gasteiger partial charge on any atom is -0.380 e. The summed E-state index contributed by atoms with van der Waals surface area (Å²) in [6, 6.07) is 0.180. The molecule has 4 atom stereocenters. The summed E-state index contributed by atoms with van der Waals surface area (Å²) in [6.07, 6.45) is 8.68. The van der Waals surface area contributed by atoms with Gasteiger partial charge in [0.15, 0.2) is 0 Å². The maximum absolute atomic E-state index is 12.3. The highest BCUT2D eigenvalue weighted by atomic mass is 19.1. The average molecular weight is 399 g/mol. The molecule has 29 heavy (non-hydrogen) atoms. The van der Waals surface area contributed by atoms with Crippen molar-refractivity contribution in [2.75, 3.05) is 13.2 Å². The van der Waals surface area contributed by atoms with Crippen molar-refractivity contribution in [1.82, 2.24) is 5.32 Å². The molecule has 0 aromatic rings. The number of hydrogen-bond acceptors (Lipinski definition) is 4. The van der Waals surface area contributed by atoms with Gasteiger partial charge in [0.1, 0.15) is 0 Å². The molecule has 0 spiro atoms. The van der Waals surface area contributed by atoms with Gasteiger partial charge >= 0.3 is 0 Å². The van der Waals surface area contributed by atoms with Crippen LogP contribution in [-0.2, 0) is 0 Å². The van der Waals surface area contributed by atoms with Gasteiger partial charge in [0.05, 0.1) is 31.0 Å². The normalized spacial score (nSPS) is 24.3. The second-order valence-electron chi connectivity index (χ2n) is 7.79. The fourth-order valence-electron chi connectivity index (χ4n) is 3.67. The molecule has 0 aromatic carbocycles. The van der Waals surface area contributed by atoms with Gasteiger partial charge in [-0.15, -0.1) is 0 Å². The van der Waals surface area contributed by atoms with Gasteiger partial charge in [-0.2, -0.15) is 0 Å². The molecule has 4 nitrogen and oxygen atoms in total. The van der Waals surface area contributed by atoms with Crippen LogP contribution in [0.5, 0.6) is 0 Å². The summed E-state index contributed by atoms with van der Waals surface area (Å²) in [4.78, 5) is 14.0. The smallest absolute Gasteiger partial charge is 0.0895 e.